The molecule has 106 valence electrons. The average Bonchev–Trinajstić information content (AvgIpc) is 2.92. The van der Waals surface area contributed by atoms with E-state index in [-0.39, 0.29) is 12.3 Å². The number of benzene rings is 1. The van der Waals surface area contributed by atoms with E-state index in [2.05, 4.69) is 30.4 Å². The molecule has 1 atom stereocenters. The van der Waals surface area contributed by atoms with Crippen LogP contribution in [0.1, 0.15) is 30.5 Å². The lowest BCUT2D eigenvalue weighted by Gasteiger charge is -2.27. The molecule has 0 saturated heterocycles. The summed E-state index contributed by atoms with van der Waals surface area (Å²) in [6.07, 6.45) is 1.73. The van der Waals surface area contributed by atoms with Crippen LogP contribution in [-0.2, 0) is 15.9 Å². The summed E-state index contributed by atoms with van der Waals surface area (Å²) in [5, 5.41) is 3.49. The molecule has 19 heavy (non-hydrogen) atoms. The molecule has 1 aliphatic heterocycles. The average molecular weight is 265 g/mol. The molecular formula is C15H23NO3. The van der Waals surface area contributed by atoms with Crippen LogP contribution in [0.2, 0.25) is 0 Å². The van der Waals surface area contributed by atoms with Crippen molar-refractivity contribution >= 4 is 0 Å². The molecule has 4 nitrogen and oxygen atoms in total. The summed E-state index contributed by atoms with van der Waals surface area (Å²) < 4.78 is 16.6. The lowest BCUT2D eigenvalue weighted by Crippen LogP contribution is -2.35. The van der Waals surface area contributed by atoms with Gasteiger partial charge in [0.25, 0.3) is 0 Å². The number of fused-ring (bicyclic) bond motifs is 1. The van der Waals surface area contributed by atoms with Crippen LogP contribution in [0.3, 0.4) is 0 Å². The van der Waals surface area contributed by atoms with Crippen molar-refractivity contribution < 1.29 is 14.2 Å². The Morgan fingerprint density at radius 3 is 2.79 bits per heavy atom. The zero-order valence-electron chi connectivity index (χ0n) is 11.9. The second kappa shape index (κ2) is 6.89. The van der Waals surface area contributed by atoms with Crippen LogP contribution in [0.25, 0.3) is 0 Å². The SMILES string of the molecule is CCCNC(c1cccc2c1OCC2)C(OC)OC. The molecule has 0 fully saturated rings. The first-order valence-electron chi connectivity index (χ1n) is 6.85. The summed E-state index contributed by atoms with van der Waals surface area (Å²) in [5.41, 5.74) is 2.39. The normalized spacial score (nSPS) is 15.4. The van der Waals surface area contributed by atoms with Gasteiger partial charge in [0.1, 0.15) is 5.75 Å². The molecule has 0 spiro atoms. The van der Waals surface area contributed by atoms with E-state index in [9.17, 15) is 0 Å². The van der Waals surface area contributed by atoms with E-state index in [0.717, 1.165) is 37.3 Å². The van der Waals surface area contributed by atoms with E-state index in [4.69, 9.17) is 14.2 Å². The summed E-state index contributed by atoms with van der Waals surface area (Å²) in [4.78, 5) is 0. The molecule has 0 saturated carbocycles. The maximum absolute atomic E-state index is 5.78. The van der Waals surface area contributed by atoms with Gasteiger partial charge in [-0.05, 0) is 18.5 Å². The standard InChI is InChI=1S/C15H23NO3/c1-4-9-16-13(15(17-2)18-3)12-7-5-6-11-8-10-19-14(11)12/h5-7,13,15-16H,4,8-10H2,1-3H3. The van der Waals surface area contributed by atoms with Crippen molar-refractivity contribution in [2.45, 2.75) is 32.1 Å². The topological polar surface area (TPSA) is 39.7 Å². The summed E-state index contributed by atoms with van der Waals surface area (Å²) in [6, 6.07) is 6.27. The lowest BCUT2D eigenvalue weighted by atomic mass is 10.0. The molecule has 1 aromatic carbocycles. The van der Waals surface area contributed by atoms with Crippen molar-refractivity contribution in [3.05, 3.63) is 29.3 Å². The van der Waals surface area contributed by atoms with Gasteiger partial charge in [-0.1, -0.05) is 25.1 Å². The zero-order chi connectivity index (χ0) is 13.7. The van der Waals surface area contributed by atoms with E-state index in [1.165, 1.54) is 5.56 Å². The maximum atomic E-state index is 5.78. The predicted octanol–water partition coefficient (Wildman–Crippen LogP) is 2.28. The smallest absolute Gasteiger partial charge is 0.176 e. The Hall–Kier alpha value is -1.10. The Balaban J connectivity index is 2.29. The first kappa shape index (κ1) is 14.3. The molecule has 1 aromatic rings. The number of methoxy groups -OCH3 is 2. The fraction of sp³-hybridized carbons (Fsp3) is 0.600. The third kappa shape index (κ3) is 3.08. The fourth-order valence-corrected chi connectivity index (χ4v) is 2.51. The minimum Gasteiger partial charge on any atom is -0.493 e. The van der Waals surface area contributed by atoms with Crippen molar-refractivity contribution in [2.24, 2.45) is 0 Å². The summed E-state index contributed by atoms with van der Waals surface area (Å²) >= 11 is 0. The molecule has 0 radical (unpaired) electrons. The first-order valence-corrected chi connectivity index (χ1v) is 6.85. The Labute approximate surface area is 115 Å². The van der Waals surface area contributed by atoms with E-state index < -0.39 is 0 Å². The van der Waals surface area contributed by atoms with Gasteiger partial charge in [0.15, 0.2) is 6.29 Å². The van der Waals surface area contributed by atoms with Crippen LogP contribution < -0.4 is 10.1 Å². The highest BCUT2D eigenvalue weighted by Gasteiger charge is 2.28. The zero-order valence-corrected chi connectivity index (χ0v) is 11.9. The van der Waals surface area contributed by atoms with Crippen molar-refractivity contribution in [2.75, 3.05) is 27.4 Å². The van der Waals surface area contributed by atoms with Gasteiger partial charge in [0.05, 0.1) is 12.6 Å². The van der Waals surface area contributed by atoms with Crippen LogP contribution in [0, 0.1) is 0 Å². The number of hydrogen-bond donors (Lipinski definition) is 1. The van der Waals surface area contributed by atoms with E-state index >= 15 is 0 Å². The van der Waals surface area contributed by atoms with Gasteiger partial charge in [-0.2, -0.15) is 0 Å². The minimum absolute atomic E-state index is 0.0111. The number of hydrogen-bond acceptors (Lipinski definition) is 4. The molecule has 4 heteroatoms. The molecule has 1 unspecified atom stereocenters. The van der Waals surface area contributed by atoms with Gasteiger partial charge in [0, 0.05) is 26.2 Å². The predicted molar refractivity (Wildman–Crippen MR) is 74.5 cm³/mol. The van der Waals surface area contributed by atoms with Crippen molar-refractivity contribution in [1.82, 2.24) is 5.32 Å². The molecule has 1 aliphatic rings. The summed E-state index contributed by atoms with van der Waals surface area (Å²) in [6.45, 7) is 3.82. The van der Waals surface area contributed by atoms with Crippen molar-refractivity contribution in [1.29, 1.82) is 0 Å². The van der Waals surface area contributed by atoms with Crippen LogP contribution in [0.4, 0.5) is 0 Å². The third-order valence-electron chi connectivity index (χ3n) is 3.43. The van der Waals surface area contributed by atoms with Crippen LogP contribution in [-0.4, -0.2) is 33.7 Å². The number of para-hydroxylation sites is 1. The maximum Gasteiger partial charge on any atom is 0.176 e. The number of rotatable bonds is 7. The second-order valence-corrected chi connectivity index (χ2v) is 4.71. The van der Waals surface area contributed by atoms with Crippen molar-refractivity contribution in [3.63, 3.8) is 0 Å². The van der Waals surface area contributed by atoms with Crippen LogP contribution >= 0.6 is 0 Å². The van der Waals surface area contributed by atoms with Gasteiger partial charge in [-0.15, -0.1) is 0 Å². The molecular weight excluding hydrogens is 242 g/mol. The number of ether oxygens (including phenoxy) is 3. The van der Waals surface area contributed by atoms with Gasteiger partial charge in [-0.3, -0.25) is 0 Å². The molecule has 0 aromatic heterocycles. The van der Waals surface area contributed by atoms with Crippen molar-refractivity contribution in [3.8, 4) is 5.75 Å². The highest BCUT2D eigenvalue weighted by Crippen LogP contribution is 2.35. The largest absolute Gasteiger partial charge is 0.493 e. The highest BCUT2D eigenvalue weighted by atomic mass is 16.7. The molecule has 2 rings (SSSR count). The van der Waals surface area contributed by atoms with E-state index in [0.29, 0.717) is 0 Å². The van der Waals surface area contributed by atoms with Gasteiger partial charge in [-0.25, -0.2) is 0 Å². The van der Waals surface area contributed by atoms with E-state index in [1.807, 2.05) is 0 Å². The molecule has 1 N–H and O–H groups in total. The molecule has 0 bridgehead atoms. The Kier molecular flexibility index (Phi) is 5.19. The third-order valence-corrected chi connectivity index (χ3v) is 3.43. The Morgan fingerprint density at radius 1 is 1.32 bits per heavy atom. The second-order valence-electron chi connectivity index (χ2n) is 4.71. The Morgan fingerprint density at radius 2 is 2.11 bits per heavy atom. The highest BCUT2D eigenvalue weighted by molar-refractivity contribution is 5.45. The molecule has 0 aliphatic carbocycles. The van der Waals surface area contributed by atoms with Gasteiger partial charge >= 0.3 is 0 Å². The summed E-state index contributed by atoms with van der Waals surface area (Å²) in [7, 11) is 3.33. The molecule has 1 heterocycles. The van der Waals surface area contributed by atoms with Gasteiger partial charge < -0.3 is 19.5 Å². The van der Waals surface area contributed by atoms with Crippen LogP contribution in [0.15, 0.2) is 18.2 Å². The van der Waals surface area contributed by atoms with Crippen LogP contribution in [0.5, 0.6) is 5.75 Å². The van der Waals surface area contributed by atoms with Gasteiger partial charge in [0.2, 0.25) is 0 Å². The minimum atomic E-state index is -0.317. The quantitative estimate of drug-likeness (QED) is 0.768. The summed E-state index contributed by atoms with van der Waals surface area (Å²) in [5.74, 6) is 0.996. The van der Waals surface area contributed by atoms with E-state index in [1.54, 1.807) is 14.2 Å². The monoisotopic (exact) mass is 265 g/mol. The fourth-order valence-electron chi connectivity index (χ4n) is 2.51. The lowest BCUT2D eigenvalue weighted by molar-refractivity contribution is -0.124. The Bertz CT molecular complexity index is 404. The number of nitrogens with one attached hydrogen (secondary N) is 1. The molecule has 0 amide bonds. The first-order chi connectivity index (χ1) is 9.31.